The molecule has 176 valence electrons. The van der Waals surface area contributed by atoms with Crippen LogP contribution in [0.25, 0.3) is 6.08 Å². The minimum atomic E-state index is -3.58. The van der Waals surface area contributed by atoms with E-state index in [4.69, 9.17) is 4.42 Å². The molecule has 1 saturated heterocycles. The number of furan rings is 1. The molecular formula is C25H25N3O5S. The maximum Gasteiger partial charge on any atom is 0.291 e. The van der Waals surface area contributed by atoms with Crippen molar-refractivity contribution in [1.29, 1.82) is 0 Å². The molecule has 1 aliphatic heterocycles. The Morgan fingerprint density at radius 2 is 1.71 bits per heavy atom. The number of carbonyl (C=O) groups excluding carboxylic acids is 2. The zero-order valence-corrected chi connectivity index (χ0v) is 19.5. The van der Waals surface area contributed by atoms with Gasteiger partial charge in [-0.25, -0.2) is 8.42 Å². The molecule has 1 fully saturated rings. The van der Waals surface area contributed by atoms with Gasteiger partial charge in [0.2, 0.25) is 10.0 Å². The van der Waals surface area contributed by atoms with Gasteiger partial charge in [-0.15, -0.1) is 0 Å². The first-order chi connectivity index (χ1) is 16.3. The summed E-state index contributed by atoms with van der Waals surface area (Å²) in [7, 11) is -3.58. The molecule has 8 nitrogen and oxygen atoms in total. The van der Waals surface area contributed by atoms with E-state index < -0.39 is 15.9 Å². The lowest BCUT2D eigenvalue weighted by Gasteiger charge is -2.33. The molecule has 0 bridgehead atoms. The molecule has 1 aliphatic rings. The molecule has 3 aromatic rings. The fraction of sp³-hybridized carbons (Fsp3) is 0.200. The molecule has 0 unspecified atom stereocenters. The van der Waals surface area contributed by atoms with E-state index in [2.05, 4.69) is 5.32 Å². The lowest BCUT2D eigenvalue weighted by Crippen LogP contribution is -2.50. The summed E-state index contributed by atoms with van der Waals surface area (Å²) in [4.78, 5) is 27.0. The molecule has 0 spiro atoms. The number of amides is 2. The number of rotatable bonds is 6. The molecule has 1 N–H and O–H groups in total. The molecule has 34 heavy (non-hydrogen) atoms. The third-order valence-corrected chi connectivity index (χ3v) is 7.16. The number of benzene rings is 2. The van der Waals surface area contributed by atoms with Crippen molar-refractivity contribution in [2.45, 2.75) is 6.92 Å². The fourth-order valence-electron chi connectivity index (χ4n) is 3.62. The summed E-state index contributed by atoms with van der Waals surface area (Å²) in [6, 6.07) is 17.5. The van der Waals surface area contributed by atoms with Crippen LogP contribution in [-0.2, 0) is 10.0 Å². The van der Waals surface area contributed by atoms with Crippen molar-refractivity contribution in [1.82, 2.24) is 9.21 Å². The number of sulfonamides is 1. The van der Waals surface area contributed by atoms with Crippen molar-refractivity contribution in [3.05, 3.63) is 94.8 Å². The van der Waals surface area contributed by atoms with Gasteiger partial charge in [0, 0.05) is 42.8 Å². The number of anilines is 1. The Balaban J connectivity index is 1.39. The summed E-state index contributed by atoms with van der Waals surface area (Å²) in [5, 5.41) is 3.97. The molecular weight excluding hydrogens is 454 g/mol. The molecule has 0 atom stereocenters. The topological polar surface area (TPSA) is 99.9 Å². The van der Waals surface area contributed by atoms with Crippen LogP contribution in [-0.4, -0.2) is 55.6 Å². The van der Waals surface area contributed by atoms with Crippen molar-refractivity contribution in [2.24, 2.45) is 0 Å². The minimum absolute atomic E-state index is 0.176. The van der Waals surface area contributed by atoms with Crippen LogP contribution in [0.1, 0.15) is 32.0 Å². The summed E-state index contributed by atoms with van der Waals surface area (Å²) < 4.78 is 31.8. The number of aryl methyl sites for hydroxylation is 1. The zero-order chi connectivity index (χ0) is 24.1. The van der Waals surface area contributed by atoms with Crippen LogP contribution in [0.2, 0.25) is 0 Å². The largest absolute Gasteiger partial charge is 0.459 e. The molecule has 2 aromatic carbocycles. The molecule has 2 heterocycles. The zero-order valence-electron chi connectivity index (χ0n) is 18.7. The smallest absolute Gasteiger partial charge is 0.291 e. The quantitative estimate of drug-likeness (QED) is 0.582. The van der Waals surface area contributed by atoms with E-state index in [1.165, 1.54) is 16.0 Å². The number of nitrogens with zero attached hydrogens (tertiary/aromatic N) is 2. The molecule has 4 rings (SSSR count). The number of hydrogen-bond acceptors (Lipinski definition) is 5. The Labute approximate surface area is 198 Å². The van der Waals surface area contributed by atoms with E-state index in [9.17, 15) is 18.0 Å². The Morgan fingerprint density at radius 3 is 2.38 bits per heavy atom. The van der Waals surface area contributed by atoms with E-state index in [0.29, 0.717) is 11.3 Å². The van der Waals surface area contributed by atoms with Gasteiger partial charge in [-0.1, -0.05) is 36.4 Å². The normalized spacial score (nSPS) is 14.9. The van der Waals surface area contributed by atoms with Crippen LogP contribution in [0.4, 0.5) is 5.69 Å². The van der Waals surface area contributed by atoms with Crippen LogP contribution in [0, 0.1) is 6.92 Å². The average Bonchev–Trinajstić information content (AvgIpc) is 3.40. The standard InChI is InChI=1S/C25H25N3O5S/c1-19-9-10-21(18-22(19)26-24(29)23-8-5-16-33-23)25(30)27-12-14-28(15-13-27)34(31,32)17-11-20-6-3-2-4-7-20/h2-11,16-18H,12-15H2,1H3,(H,26,29). The predicted octanol–water partition coefficient (Wildman–Crippen LogP) is 3.60. The summed E-state index contributed by atoms with van der Waals surface area (Å²) in [5.41, 5.74) is 2.53. The molecule has 1 aromatic heterocycles. The Bertz CT molecular complexity index is 1290. The van der Waals surface area contributed by atoms with E-state index in [-0.39, 0.29) is 37.8 Å². The van der Waals surface area contributed by atoms with Crippen LogP contribution in [0.5, 0.6) is 0 Å². The average molecular weight is 480 g/mol. The van der Waals surface area contributed by atoms with Crippen LogP contribution in [0.3, 0.4) is 0 Å². The Morgan fingerprint density at radius 1 is 0.971 bits per heavy atom. The maximum absolute atomic E-state index is 13.1. The highest BCUT2D eigenvalue weighted by Gasteiger charge is 2.28. The second-order valence-electron chi connectivity index (χ2n) is 7.91. The summed E-state index contributed by atoms with van der Waals surface area (Å²) in [6.07, 6.45) is 2.98. The molecule has 0 saturated carbocycles. The third-order valence-electron chi connectivity index (χ3n) is 5.60. The van der Waals surface area contributed by atoms with Gasteiger partial charge in [0.05, 0.1) is 6.26 Å². The maximum atomic E-state index is 13.1. The minimum Gasteiger partial charge on any atom is -0.459 e. The van der Waals surface area contributed by atoms with E-state index in [1.807, 2.05) is 37.3 Å². The van der Waals surface area contributed by atoms with Crippen LogP contribution < -0.4 is 5.32 Å². The fourth-order valence-corrected chi connectivity index (χ4v) is 4.80. The van der Waals surface area contributed by atoms with Gasteiger partial charge in [-0.3, -0.25) is 9.59 Å². The highest BCUT2D eigenvalue weighted by molar-refractivity contribution is 7.92. The van der Waals surface area contributed by atoms with Crippen molar-refractivity contribution >= 4 is 33.6 Å². The molecule has 9 heteroatoms. The van der Waals surface area contributed by atoms with Crippen LogP contribution >= 0.6 is 0 Å². The van der Waals surface area contributed by atoms with Crippen molar-refractivity contribution in [3.63, 3.8) is 0 Å². The van der Waals surface area contributed by atoms with E-state index in [0.717, 1.165) is 11.1 Å². The summed E-state index contributed by atoms with van der Waals surface area (Å²) in [5.74, 6) is -0.444. The van der Waals surface area contributed by atoms with Gasteiger partial charge in [0.15, 0.2) is 5.76 Å². The SMILES string of the molecule is Cc1ccc(C(=O)N2CCN(S(=O)(=O)C=Cc3ccccc3)CC2)cc1NC(=O)c1ccco1. The van der Waals surface area contributed by atoms with Crippen LogP contribution in [0.15, 0.2) is 76.8 Å². The Kier molecular flexibility index (Phi) is 6.95. The predicted molar refractivity (Wildman–Crippen MR) is 130 cm³/mol. The second kappa shape index (κ2) is 10.1. The van der Waals surface area contributed by atoms with E-state index in [1.54, 1.807) is 41.3 Å². The highest BCUT2D eigenvalue weighted by Crippen LogP contribution is 2.21. The van der Waals surface area contributed by atoms with Gasteiger partial charge < -0.3 is 14.6 Å². The lowest BCUT2D eigenvalue weighted by molar-refractivity contribution is 0.0698. The molecule has 2 amide bonds. The third kappa shape index (κ3) is 5.44. The van der Waals surface area contributed by atoms with Gasteiger partial charge >= 0.3 is 0 Å². The monoisotopic (exact) mass is 479 g/mol. The van der Waals surface area contributed by atoms with E-state index >= 15 is 0 Å². The van der Waals surface area contributed by atoms with Crippen molar-refractivity contribution < 1.29 is 22.4 Å². The summed E-state index contributed by atoms with van der Waals surface area (Å²) in [6.45, 7) is 2.80. The molecule has 0 aliphatic carbocycles. The number of nitrogens with one attached hydrogen (secondary N) is 1. The summed E-state index contributed by atoms with van der Waals surface area (Å²) >= 11 is 0. The number of carbonyl (C=O) groups is 2. The first kappa shape index (κ1) is 23.5. The van der Waals surface area contributed by atoms with Gasteiger partial charge in [-0.2, -0.15) is 4.31 Å². The van der Waals surface area contributed by atoms with Gasteiger partial charge in [0.1, 0.15) is 0 Å². The Hall–Kier alpha value is -3.69. The molecule has 0 radical (unpaired) electrons. The van der Waals surface area contributed by atoms with Crippen molar-refractivity contribution in [2.75, 3.05) is 31.5 Å². The van der Waals surface area contributed by atoms with Crippen molar-refractivity contribution in [3.8, 4) is 0 Å². The highest BCUT2D eigenvalue weighted by atomic mass is 32.2. The van der Waals surface area contributed by atoms with Gasteiger partial charge in [-0.05, 0) is 48.4 Å². The second-order valence-corrected chi connectivity index (χ2v) is 9.73. The first-order valence-corrected chi connectivity index (χ1v) is 12.3. The number of hydrogen-bond donors (Lipinski definition) is 1. The van der Waals surface area contributed by atoms with Gasteiger partial charge in [0.25, 0.3) is 11.8 Å². The number of piperazine rings is 1. The lowest BCUT2D eigenvalue weighted by atomic mass is 10.1. The first-order valence-electron chi connectivity index (χ1n) is 10.8.